The van der Waals surface area contributed by atoms with Crippen molar-refractivity contribution in [2.24, 2.45) is 0 Å². The maximum absolute atomic E-state index is 12.2. The Morgan fingerprint density at radius 3 is 2.57 bits per heavy atom. The highest BCUT2D eigenvalue weighted by Gasteiger charge is 2.39. The molecule has 0 bridgehead atoms. The zero-order valence-electron chi connectivity index (χ0n) is 14.5. The van der Waals surface area contributed by atoms with Crippen molar-refractivity contribution in [1.82, 2.24) is 20.4 Å². The summed E-state index contributed by atoms with van der Waals surface area (Å²) in [4.78, 5) is 25.7. The van der Waals surface area contributed by atoms with Crippen molar-refractivity contribution >= 4 is 12.0 Å². The molecule has 0 aromatic carbocycles. The molecule has 7 nitrogen and oxygen atoms in total. The fraction of sp³-hybridized carbons (Fsp3) is 0.688. The van der Waals surface area contributed by atoms with Gasteiger partial charge in [0.05, 0.1) is 5.69 Å². The molecule has 2 amide bonds. The van der Waals surface area contributed by atoms with E-state index in [-0.39, 0.29) is 5.91 Å². The average Bonchev–Trinajstić information content (AvgIpc) is 2.66. The first-order valence-corrected chi connectivity index (χ1v) is 7.97. The van der Waals surface area contributed by atoms with Gasteiger partial charge in [0.1, 0.15) is 11.6 Å². The van der Waals surface area contributed by atoms with Crippen molar-refractivity contribution in [1.29, 1.82) is 0 Å². The number of likely N-dealkylation sites (tertiary alicyclic amines) is 1. The van der Waals surface area contributed by atoms with Crippen LogP contribution in [0.3, 0.4) is 0 Å². The quantitative estimate of drug-likeness (QED) is 0.883. The van der Waals surface area contributed by atoms with Crippen LogP contribution in [0.4, 0.5) is 4.79 Å². The number of hydrogen-bond donors (Lipinski definition) is 2. The van der Waals surface area contributed by atoms with Gasteiger partial charge in [0.25, 0.3) is 0 Å². The molecule has 0 spiro atoms. The van der Waals surface area contributed by atoms with E-state index in [4.69, 9.17) is 4.74 Å². The predicted octanol–water partition coefficient (Wildman–Crippen LogP) is 1.69. The van der Waals surface area contributed by atoms with E-state index in [1.807, 2.05) is 34.6 Å². The lowest BCUT2D eigenvalue weighted by molar-refractivity contribution is -0.130. The topological polar surface area (TPSA) is 87.3 Å². The van der Waals surface area contributed by atoms with E-state index in [1.165, 1.54) is 4.90 Å². The highest BCUT2D eigenvalue weighted by Crippen LogP contribution is 2.21. The van der Waals surface area contributed by atoms with Gasteiger partial charge >= 0.3 is 6.09 Å². The Morgan fingerprint density at radius 2 is 2.09 bits per heavy atom. The van der Waals surface area contributed by atoms with Gasteiger partial charge in [-0.25, -0.2) is 4.79 Å². The van der Waals surface area contributed by atoms with Crippen molar-refractivity contribution in [3.63, 3.8) is 0 Å². The molecular formula is C16H26N4O3. The molecule has 2 rings (SSSR count). The molecule has 0 unspecified atom stereocenters. The summed E-state index contributed by atoms with van der Waals surface area (Å²) in [6.07, 6.45) is 0.971. The third-order valence-electron chi connectivity index (χ3n) is 3.91. The van der Waals surface area contributed by atoms with Crippen LogP contribution in [0.2, 0.25) is 0 Å². The molecule has 2 heterocycles. The van der Waals surface area contributed by atoms with Crippen LogP contribution in [-0.4, -0.2) is 51.8 Å². The van der Waals surface area contributed by atoms with Gasteiger partial charge in [0.15, 0.2) is 0 Å². The number of H-pyrrole nitrogens is 1. The first-order chi connectivity index (χ1) is 10.7. The summed E-state index contributed by atoms with van der Waals surface area (Å²) in [7, 11) is 0. The Kier molecular flexibility index (Phi) is 4.97. The van der Waals surface area contributed by atoms with Crippen molar-refractivity contribution < 1.29 is 14.3 Å². The molecule has 1 aliphatic rings. The summed E-state index contributed by atoms with van der Waals surface area (Å²) in [6, 6.07) is -0.420. The van der Waals surface area contributed by atoms with Gasteiger partial charge in [-0.15, -0.1) is 0 Å². The van der Waals surface area contributed by atoms with Crippen LogP contribution in [0.15, 0.2) is 0 Å². The Balaban J connectivity index is 1.81. The van der Waals surface area contributed by atoms with E-state index in [9.17, 15) is 9.59 Å². The number of amides is 2. The van der Waals surface area contributed by atoms with Crippen LogP contribution in [0.5, 0.6) is 0 Å². The highest BCUT2D eigenvalue weighted by molar-refractivity contribution is 5.87. The zero-order chi connectivity index (χ0) is 17.2. The molecule has 0 saturated carbocycles. The summed E-state index contributed by atoms with van der Waals surface area (Å²) in [5.41, 5.74) is 2.55. The summed E-state index contributed by atoms with van der Waals surface area (Å²) in [5.74, 6) is -0.124. The number of hydrogen-bond acceptors (Lipinski definition) is 4. The fourth-order valence-electron chi connectivity index (χ4n) is 2.57. The molecule has 1 aromatic rings. The normalized spacial score (nSPS) is 17.6. The van der Waals surface area contributed by atoms with Gasteiger partial charge in [-0.2, -0.15) is 5.10 Å². The lowest BCUT2D eigenvalue weighted by atomic mass is 10.0. The summed E-state index contributed by atoms with van der Waals surface area (Å²) >= 11 is 0. The van der Waals surface area contributed by atoms with Crippen LogP contribution >= 0.6 is 0 Å². The van der Waals surface area contributed by atoms with Gasteiger partial charge in [0.2, 0.25) is 5.91 Å². The van der Waals surface area contributed by atoms with E-state index < -0.39 is 17.7 Å². The highest BCUT2D eigenvalue weighted by atomic mass is 16.6. The molecule has 1 atom stereocenters. The summed E-state index contributed by atoms with van der Waals surface area (Å²) < 4.78 is 5.31. The molecule has 0 aliphatic carbocycles. The lowest BCUT2D eigenvalue weighted by Crippen LogP contribution is -2.59. The van der Waals surface area contributed by atoms with Crippen LogP contribution in [0, 0.1) is 13.8 Å². The molecule has 23 heavy (non-hydrogen) atoms. The molecule has 1 aromatic heterocycles. The number of nitrogens with one attached hydrogen (secondary N) is 2. The molecule has 0 radical (unpaired) electrons. The molecule has 1 aliphatic heterocycles. The maximum atomic E-state index is 12.2. The van der Waals surface area contributed by atoms with Crippen LogP contribution in [0.25, 0.3) is 0 Å². The first-order valence-electron chi connectivity index (χ1n) is 7.97. The number of nitrogens with zero attached hydrogens (tertiary/aromatic N) is 2. The zero-order valence-corrected chi connectivity index (χ0v) is 14.5. The number of aromatic amines is 1. The molecule has 1 fully saturated rings. The second-order valence-electron chi connectivity index (χ2n) is 6.93. The van der Waals surface area contributed by atoms with E-state index >= 15 is 0 Å². The third kappa shape index (κ3) is 4.24. The molecule has 7 heteroatoms. The smallest absolute Gasteiger partial charge is 0.410 e. The largest absolute Gasteiger partial charge is 0.444 e. The average molecular weight is 322 g/mol. The van der Waals surface area contributed by atoms with Crippen molar-refractivity contribution in [3.8, 4) is 0 Å². The van der Waals surface area contributed by atoms with Crippen LogP contribution in [-0.2, 0) is 16.0 Å². The second kappa shape index (κ2) is 6.60. The molecular weight excluding hydrogens is 296 g/mol. The number of aromatic nitrogens is 2. The first kappa shape index (κ1) is 17.3. The molecule has 1 saturated heterocycles. The lowest BCUT2D eigenvalue weighted by Gasteiger charge is -2.40. The van der Waals surface area contributed by atoms with E-state index in [0.717, 1.165) is 23.4 Å². The van der Waals surface area contributed by atoms with Crippen LogP contribution in [0.1, 0.15) is 44.1 Å². The van der Waals surface area contributed by atoms with Crippen molar-refractivity contribution in [2.75, 3.05) is 13.1 Å². The molecule has 128 valence electrons. The number of aryl methyl sites for hydroxylation is 2. The van der Waals surface area contributed by atoms with Gasteiger partial charge < -0.3 is 10.1 Å². The number of carbonyl (C=O) groups excluding carboxylic acids is 2. The van der Waals surface area contributed by atoms with Gasteiger partial charge in [0, 0.05) is 18.8 Å². The monoisotopic (exact) mass is 322 g/mol. The van der Waals surface area contributed by atoms with Gasteiger partial charge in [-0.3, -0.25) is 14.8 Å². The SMILES string of the molecule is Cc1n[nH]c(C)c1CCNC(=O)[C@H]1CCN1C(=O)OC(C)(C)C. The second-order valence-corrected chi connectivity index (χ2v) is 6.93. The van der Waals surface area contributed by atoms with Crippen molar-refractivity contribution in [3.05, 3.63) is 17.0 Å². The summed E-state index contributed by atoms with van der Waals surface area (Å²) in [6.45, 7) is 10.4. The minimum atomic E-state index is -0.552. The summed E-state index contributed by atoms with van der Waals surface area (Å²) in [5, 5.41) is 9.97. The molecule has 2 N–H and O–H groups in total. The van der Waals surface area contributed by atoms with E-state index in [2.05, 4.69) is 15.5 Å². The minimum absolute atomic E-state index is 0.124. The maximum Gasteiger partial charge on any atom is 0.410 e. The van der Waals surface area contributed by atoms with Gasteiger partial charge in [-0.1, -0.05) is 0 Å². The number of ether oxygens (including phenoxy) is 1. The van der Waals surface area contributed by atoms with Crippen molar-refractivity contribution in [2.45, 2.75) is 59.1 Å². The Hall–Kier alpha value is -2.05. The fourth-order valence-corrected chi connectivity index (χ4v) is 2.57. The Bertz CT molecular complexity index is 569. The van der Waals surface area contributed by atoms with E-state index in [1.54, 1.807) is 0 Å². The Morgan fingerprint density at radius 1 is 1.39 bits per heavy atom. The predicted molar refractivity (Wildman–Crippen MR) is 86.1 cm³/mol. The third-order valence-corrected chi connectivity index (χ3v) is 3.91. The Labute approximate surface area is 136 Å². The van der Waals surface area contributed by atoms with Gasteiger partial charge in [-0.05, 0) is 53.0 Å². The standard InChI is InChI=1S/C16H26N4O3/c1-10-12(11(2)19-18-10)6-8-17-14(21)13-7-9-20(13)15(22)23-16(3,4)5/h13H,6-9H2,1-5H3,(H,17,21)(H,18,19)/t13-/m1/s1. The minimum Gasteiger partial charge on any atom is -0.444 e. The number of carbonyl (C=O) groups is 2. The number of rotatable bonds is 4. The van der Waals surface area contributed by atoms with Crippen LogP contribution < -0.4 is 5.32 Å². The van der Waals surface area contributed by atoms with E-state index in [0.29, 0.717) is 19.5 Å².